The Balaban J connectivity index is 2.41. The summed E-state index contributed by atoms with van der Waals surface area (Å²) in [5.74, 6) is -2.31. The van der Waals surface area contributed by atoms with Crippen molar-refractivity contribution in [1.82, 2.24) is 0 Å². The fourth-order valence-electron chi connectivity index (χ4n) is 3.34. The van der Waals surface area contributed by atoms with E-state index in [4.69, 9.17) is 14.2 Å². The molecule has 1 fully saturated rings. The van der Waals surface area contributed by atoms with Gasteiger partial charge in [-0.1, -0.05) is 26.5 Å². The van der Waals surface area contributed by atoms with Gasteiger partial charge in [0.1, 0.15) is 25.1 Å². The lowest BCUT2D eigenvalue weighted by molar-refractivity contribution is -0.156. The zero-order chi connectivity index (χ0) is 21.6. The number of aldehydes is 1. The summed E-state index contributed by atoms with van der Waals surface area (Å²) in [4.78, 5) is 47.4. The lowest BCUT2D eigenvalue weighted by Gasteiger charge is -2.28. The third kappa shape index (κ3) is 5.89. The molecule has 0 aromatic carbocycles. The van der Waals surface area contributed by atoms with Gasteiger partial charge >= 0.3 is 17.9 Å². The van der Waals surface area contributed by atoms with Crippen LogP contribution in [0.5, 0.6) is 0 Å². The molecule has 2 rings (SSSR count). The van der Waals surface area contributed by atoms with Crippen LogP contribution in [0.4, 0.5) is 0 Å². The summed E-state index contributed by atoms with van der Waals surface area (Å²) in [5.41, 5.74) is 1.44. The second-order valence-electron chi connectivity index (χ2n) is 7.45. The zero-order valence-electron chi connectivity index (χ0n) is 17.1. The van der Waals surface area contributed by atoms with Crippen LogP contribution in [0.15, 0.2) is 35.5 Å². The Kier molecular flexibility index (Phi) is 7.93. The first-order valence-corrected chi connectivity index (χ1v) is 9.84. The van der Waals surface area contributed by atoms with Crippen LogP contribution in [0, 0.1) is 11.8 Å². The maximum atomic E-state index is 12.4. The van der Waals surface area contributed by atoms with Crippen LogP contribution < -0.4 is 0 Å². The van der Waals surface area contributed by atoms with Crippen LogP contribution in [0.2, 0.25) is 0 Å². The fraction of sp³-hybridized carbons (Fsp3) is 0.545. The quantitative estimate of drug-likeness (QED) is 0.221. The monoisotopic (exact) mass is 404 g/mol. The molecule has 0 bridgehead atoms. The van der Waals surface area contributed by atoms with Crippen molar-refractivity contribution in [1.29, 1.82) is 0 Å². The first-order chi connectivity index (χ1) is 13.8. The van der Waals surface area contributed by atoms with Crippen LogP contribution in [0.1, 0.15) is 46.5 Å². The molecular formula is C22H28O7. The molecule has 7 nitrogen and oxygen atoms in total. The molecule has 0 aromatic heterocycles. The van der Waals surface area contributed by atoms with E-state index < -0.39 is 36.0 Å². The SMILES string of the molecule is C=C1C(=O)O[C@@H]2/C=C(\COC(C)=O)CCC=C(C=O)C[C@H](OC(=O)[C@H](C)CC)[C@H]12. The number of carbonyl (C=O) groups is 4. The smallest absolute Gasteiger partial charge is 0.334 e. The Morgan fingerprint density at radius 3 is 2.76 bits per heavy atom. The van der Waals surface area contributed by atoms with Gasteiger partial charge in [0.05, 0.1) is 11.8 Å². The van der Waals surface area contributed by atoms with Crippen LogP contribution in [0.25, 0.3) is 0 Å². The molecule has 29 heavy (non-hydrogen) atoms. The highest BCUT2D eigenvalue weighted by Crippen LogP contribution is 2.36. The van der Waals surface area contributed by atoms with E-state index in [2.05, 4.69) is 6.58 Å². The summed E-state index contributed by atoms with van der Waals surface area (Å²) < 4.78 is 16.3. The second-order valence-corrected chi connectivity index (χ2v) is 7.45. The molecule has 1 aliphatic carbocycles. The standard InChI is InChI=1S/C22H28O7/c1-5-13(2)21(25)28-18-9-16(11-23)7-6-8-17(12-27-15(4)24)10-19-20(18)14(3)22(26)29-19/h7,10-11,13,18-20H,3,5-6,8-9,12H2,1-2,4H3/b16-7?,17-10-/t13-,18+,19-,20+/m1/s1. The van der Waals surface area contributed by atoms with Gasteiger partial charge in [-0.05, 0) is 36.5 Å². The van der Waals surface area contributed by atoms with Crippen molar-refractivity contribution in [2.75, 3.05) is 6.61 Å². The molecule has 2 aliphatic rings. The third-order valence-corrected chi connectivity index (χ3v) is 5.27. The van der Waals surface area contributed by atoms with Crippen molar-refractivity contribution < 1.29 is 33.4 Å². The number of hydrogen-bond donors (Lipinski definition) is 0. The van der Waals surface area contributed by atoms with Crippen LogP contribution in [0.3, 0.4) is 0 Å². The average Bonchev–Trinajstić information content (AvgIpc) is 2.96. The van der Waals surface area contributed by atoms with E-state index in [1.54, 1.807) is 19.1 Å². The largest absolute Gasteiger partial charge is 0.461 e. The van der Waals surface area contributed by atoms with E-state index in [-0.39, 0.29) is 24.5 Å². The Morgan fingerprint density at radius 1 is 1.41 bits per heavy atom. The van der Waals surface area contributed by atoms with Crippen molar-refractivity contribution >= 4 is 24.2 Å². The van der Waals surface area contributed by atoms with Crippen molar-refractivity contribution in [2.45, 2.75) is 58.7 Å². The second kappa shape index (κ2) is 10.2. The van der Waals surface area contributed by atoms with Crippen molar-refractivity contribution in [2.24, 2.45) is 11.8 Å². The van der Waals surface area contributed by atoms with Gasteiger partial charge < -0.3 is 14.2 Å². The van der Waals surface area contributed by atoms with E-state index in [1.807, 2.05) is 6.92 Å². The highest BCUT2D eigenvalue weighted by molar-refractivity contribution is 5.91. The maximum absolute atomic E-state index is 12.4. The first-order valence-electron chi connectivity index (χ1n) is 9.84. The zero-order valence-corrected chi connectivity index (χ0v) is 17.1. The van der Waals surface area contributed by atoms with Crippen LogP contribution in [-0.2, 0) is 33.4 Å². The van der Waals surface area contributed by atoms with Gasteiger partial charge in [-0.25, -0.2) is 4.79 Å². The number of fused-ring (bicyclic) bond motifs is 1. The molecule has 0 spiro atoms. The summed E-state index contributed by atoms with van der Waals surface area (Å²) in [5, 5.41) is 0. The molecule has 1 aliphatic heterocycles. The highest BCUT2D eigenvalue weighted by Gasteiger charge is 2.45. The fourth-order valence-corrected chi connectivity index (χ4v) is 3.34. The molecule has 0 aromatic rings. The number of carbonyl (C=O) groups excluding carboxylic acids is 4. The predicted molar refractivity (Wildman–Crippen MR) is 105 cm³/mol. The Morgan fingerprint density at radius 2 is 2.14 bits per heavy atom. The highest BCUT2D eigenvalue weighted by atomic mass is 16.6. The van der Waals surface area contributed by atoms with Crippen molar-refractivity contribution in [3.8, 4) is 0 Å². The summed E-state index contributed by atoms with van der Waals surface area (Å²) in [6, 6.07) is 0. The van der Waals surface area contributed by atoms with E-state index in [1.165, 1.54) is 6.92 Å². The van der Waals surface area contributed by atoms with E-state index in [0.717, 1.165) is 11.9 Å². The van der Waals surface area contributed by atoms with Gasteiger partial charge in [0.2, 0.25) is 0 Å². The summed E-state index contributed by atoms with van der Waals surface area (Å²) >= 11 is 0. The summed E-state index contributed by atoms with van der Waals surface area (Å²) in [6.07, 6.45) is 4.65. The topological polar surface area (TPSA) is 96.0 Å². The van der Waals surface area contributed by atoms with E-state index >= 15 is 0 Å². The van der Waals surface area contributed by atoms with Crippen molar-refractivity contribution in [3.05, 3.63) is 35.5 Å². The third-order valence-electron chi connectivity index (χ3n) is 5.27. The Bertz CT molecular complexity index is 746. The van der Waals surface area contributed by atoms with Gasteiger partial charge in [0, 0.05) is 18.9 Å². The van der Waals surface area contributed by atoms with E-state index in [9.17, 15) is 19.2 Å². The molecule has 1 saturated heterocycles. The summed E-state index contributed by atoms with van der Waals surface area (Å²) in [6.45, 7) is 8.85. The molecule has 0 saturated carbocycles. The number of rotatable bonds is 6. The van der Waals surface area contributed by atoms with Gasteiger partial charge in [0.15, 0.2) is 0 Å². The molecule has 4 atom stereocenters. The molecule has 0 unspecified atom stereocenters. The minimum atomic E-state index is -0.763. The van der Waals surface area contributed by atoms with Gasteiger partial charge in [-0.15, -0.1) is 0 Å². The number of hydrogen-bond acceptors (Lipinski definition) is 7. The minimum absolute atomic E-state index is 0.0597. The van der Waals surface area contributed by atoms with Crippen LogP contribution in [-0.4, -0.2) is 43.0 Å². The van der Waals surface area contributed by atoms with E-state index in [0.29, 0.717) is 24.8 Å². The molecule has 7 heteroatoms. The normalized spacial score (nSPS) is 27.5. The Hall–Kier alpha value is -2.70. The minimum Gasteiger partial charge on any atom is -0.461 e. The maximum Gasteiger partial charge on any atom is 0.334 e. The molecule has 0 amide bonds. The molecule has 0 radical (unpaired) electrons. The van der Waals surface area contributed by atoms with Crippen LogP contribution >= 0.6 is 0 Å². The van der Waals surface area contributed by atoms with Gasteiger partial charge in [-0.2, -0.15) is 0 Å². The lowest BCUT2D eigenvalue weighted by atomic mass is 9.85. The van der Waals surface area contributed by atoms with Gasteiger partial charge in [0.25, 0.3) is 0 Å². The molecule has 1 heterocycles. The molecule has 0 N–H and O–H groups in total. The van der Waals surface area contributed by atoms with Gasteiger partial charge in [-0.3, -0.25) is 14.4 Å². The average molecular weight is 404 g/mol. The first kappa shape index (κ1) is 22.6. The molecular weight excluding hydrogens is 376 g/mol. The Labute approximate surface area is 170 Å². The molecule has 158 valence electrons. The lowest BCUT2D eigenvalue weighted by Crippen LogP contribution is -2.35. The predicted octanol–water partition coefficient (Wildman–Crippen LogP) is 2.84. The number of esters is 3. The van der Waals surface area contributed by atoms with Crippen molar-refractivity contribution in [3.63, 3.8) is 0 Å². The number of allylic oxidation sites excluding steroid dienone is 1. The number of ether oxygens (including phenoxy) is 3. The summed E-state index contributed by atoms with van der Waals surface area (Å²) in [7, 11) is 0.